The lowest BCUT2D eigenvalue weighted by molar-refractivity contribution is -0.113. The summed E-state index contributed by atoms with van der Waals surface area (Å²) in [6.07, 6.45) is 0. The highest BCUT2D eigenvalue weighted by atomic mass is 32.2. The van der Waals surface area contributed by atoms with Gasteiger partial charge in [0.05, 0.1) is 16.3 Å². The number of hydrogen-bond acceptors (Lipinski definition) is 4. The highest BCUT2D eigenvalue weighted by Crippen LogP contribution is 2.21. The number of aryl methyl sites for hydroxylation is 2. The van der Waals surface area contributed by atoms with Gasteiger partial charge in [-0.25, -0.2) is 8.42 Å². The van der Waals surface area contributed by atoms with Gasteiger partial charge >= 0.3 is 0 Å². The lowest BCUT2D eigenvalue weighted by Gasteiger charge is -2.11. The molecule has 0 aliphatic rings. The van der Waals surface area contributed by atoms with E-state index in [1.165, 1.54) is 35.0 Å². The highest BCUT2D eigenvalue weighted by molar-refractivity contribution is 7.99. The molecule has 3 aromatic rings. The van der Waals surface area contributed by atoms with Gasteiger partial charge in [0, 0.05) is 11.4 Å². The first kappa shape index (κ1) is 21.9. The van der Waals surface area contributed by atoms with Crippen LogP contribution in [-0.4, -0.2) is 20.1 Å². The number of thioether (sulfide) groups is 1. The second kappa shape index (κ2) is 9.82. The predicted octanol–water partition coefficient (Wildman–Crippen LogP) is 4.98. The summed E-state index contributed by atoms with van der Waals surface area (Å²) in [5, 5.41) is 2.81. The van der Waals surface area contributed by atoms with Gasteiger partial charge in [-0.05, 0) is 60.9 Å². The van der Waals surface area contributed by atoms with Crippen molar-refractivity contribution in [3.8, 4) is 0 Å². The summed E-state index contributed by atoms with van der Waals surface area (Å²) < 4.78 is 27.8. The van der Waals surface area contributed by atoms with E-state index in [1.807, 2.05) is 31.2 Å². The smallest absolute Gasteiger partial charge is 0.261 e. The van der Waals surface area contributed by atoms with Crippen molar-refractivity contribution in [1.29, 1.82) is 0 Å². The van der Waals surface area contributed by atoms with Gasteiger partial charge in [-0.2, -0.15) is 0 Å². The molecule has 0 aliphatic heterocycles. The second-order valence-electron chi connectivity index (χ2n) is 6.91. The summed E-state index contributed by atoms with van der Waals surface area (Å²) in [5.74, 6) is 0.965. The molecule has 0 saturated carbocycles. The summed E-state index contributed by atoms with van der Waals surface area (Å²) in [6.45, 7) is 3.90. The average Bonchev–Trinajstić information content (AvgIpc) is 2.71. The minimum Gasteiger partial charge on any atom is -0.325 e. The van der Waals surface area contributed by atoms with Crippen molar-refractivity contribution in [3.63, 3.8) is 0 Å². The van der Waals surface area contributed by atoms with E-state index in [4.69, 9.17) is 0 Å². The predicted molar refractivity (Wildman–Crippen MR) is 124 cm³/mol. The van der Waals surface area contributed by atoms with Crippen LogP contribution in [0.2, 0.25) is 0 Å². The van der Waals surface area contributed by atoms with Crippen molar-refractivity contribution in [2.45, 2.75) is 24.5 Å². The van der Waals surface area contributed by atoms with E-state index >= 15 is 0 Å². The number of rotatable bonds is 8. The number of hydrogen-bond donors (Lipinski definition) is 2. The summed E-state index contributed by atoms with van der Waals surface area (Å²) in [5.41, 5.74) is 4.37. The molecule has 0 bridgehead atoms. The van der Waals surface area contributed by atoms with Crippen LogP contribution >= 0.6 is 11.8 Å². The van der Waals surface area contributed by atoms with Gasteiger partial charge in [0.25, 0.3) is 10.0 Å². The Hall–Kier alpha value is -2.77. The second-order valence-corrected chi connectivity index (χ2v) is 9.58. The Kier molecular flexibility index (Phi) is 7.18. The van der Waals surface area contributed by atoms with Crippen LogP contribution in [0.5, 0.6) is 0 Å². The molecule has 3 rings (SSSR count). The number of para-hydroxylation sites is 1. The van der Waals surface area contributed by atoms with Crippen LogP contribution in [0.4, 0.5) is 11.4 Å². The maximum absolute atomic E-state index is 12.6. The fourth-order valence-electron chi connectivity index (χ4n) is 2.83. The van der Waals surface area contributed by atoms with Crippen molar-refractivity contribution in [2.24, 2.45) is 0 Å². The zero-order valence-corrected chi connectivity index (χ0v) is 18.5. The minimum atomic E-state index is -3.70. The lowest BCUT2D eigenvalue weighted by atomic mass is 10.1. The van der Waals surface area contributed by atoms with Crippen LogP contribution in [0, 0.1) is 13.8 Å². The Morgan fingerprint density at radius 3 is 2.17 bits per heavy atom. The van der Waals surface area contributed by atoms with E-state index in [9.17, 15) is 13.2 Å². The molecule has 0 saturated heterocycles. The van der Waals surface area contributed by atoms with Crippen molar-refractivity contribution in [2.75, 3.05) is 15.8 Å². The van der Waals surface area contributed by atoms with Crippen molar-refractivity contribution >= 4 is 39.1 Å². The standard InChI is InChI=1S/C23H24N2O3S2/c1-17-7-3-5-9-19(17)15-29-16-23(26)24-20-11-13-21(14-12-20)30(27,28)25-22-10-6-4-8-18(22)2/h3-14,25H,15-16H2,1-2H3,(H,24,26). The Morgan fingerprint density at radius 2 is 1.50 bits per heavy atom. The molecule has 3 aromatic carbocycles. The number of sulfonamides is 1. The van der Waals surface area contributed by atoms with Crippen LogP contribution in [0.3, 0.4) is 0 Å². The van der Waals surface area contributed by atoms with Crippen LogP contribution < -0.4 is 10.0 Å². The molecule has 2 N–H and O–H groups in total. The molecular formula is C23H24N2O3S2. The summed E-state index contributed by atoms with van der Waals surface area (Å²) in [6, 6.07) is 21.4. The Labute approximate surface area is 182 Å². The van der Waals surface area contributed by atoms with Crippen molar-refractivity contribution in [1.82, 2.24) is 0 Å². The van der Waals surface area contributed by atoms with Crippen LogP contribution in [0.25, 0.3) is 0 Å². The SMILES string of the molecule is Cc1ccccc1CSCC(=O)Nc1ccc(S(=O)(=O)Nc2ccccc2C)cc1. The Morgan fingerprint density at radius 1 is 0.867 bits per heavy atom. The molecular weight excluding hydrogens is 416 g/mol. The maximum Gasteiger partial charge on any atom is 0.261 e. The number of carbonyl (C=O) groups excluding carboxylic acids is 1. The third-order valence-electron chi connectivity index (χ3n) is 4.59. The summed E-state index contributed by atoms with van der Waals surface area (Å²) in [4.78, 5) is 12.3. The number of anilines is 2. The fraction of sp³-hybridized carbons (Fsp3) is 0.174. The van der Waals surface area contributed by atoms with E-state index in [2.05, 4.69) is 29.1 Å². The quantitative estimate of drug-likeness (QED) is 0.518. The molecule has 0 fully saturated rings. The lowest BCUT2D eigenvalue weighted by Crippen LogP contribution is -2.15. The molecule has 156 valence electrons. The molecule has 30 heavy (non-hydrogen) atoms. The number of nitrogens with one attached hydrogen (secondary N) is 2. The first-order valence-corrected chi connectivity index (χ1v) is 12.1. The molecule has 7 heteroatoms. The molecule has 0 unspecified atom stereocenters. The zero-order valence-electron chi connectivity index (χ0n) is 16.9. The van der Waals surface area contributed by atoms with Crippen molar-refractivity contribution in [3.05, 3.63) is 89.5 Å². The van der Waals surface area contributed by atoms with Crippen LogP contribution in [0.15, 0.2) is 77.7 Å². The fourth-order valence-corrected chi connectivity index (χ4v) is 4.87. The van der Waals surface area contributed by atoms with Gasteiger partial charge in [0.1, 0.15) is 0 Å². The number of benzene rings is 3. The van der Waals surface area contributed by atoms with Gasteiger partial charge in [-0.1, -0.05) is 42.5 Å². The Bertz CT molecular complexity index is 1130. The van der Waals surface area contributed by atoms with Crippen molar-refractivity contribution < 1.29 is 13.2 Å². The van der Waals surface area contributed by atoms with Gasteiger partial charge in [0.15, 0.2) is 0 Å². The maximum atomic E-state index is 12.6. The Balaban J connectivity index is 1.55. The van der Waals surface area contributed by atoms with E-state index in [-0.39, 0.29) is 10.8 Å². The summed E-state index contributed by atoms with van der Waals surface area (Å²) >= 11 is 1.54. The molecule has 0 aliphatic carbocycles. The van der Waals surface area contributed by atoms with Gasteiger partial charge in [0.2, 0.25) is 5.91 Å². The molecule has 0 spiro atoms. The molecule has 5 nitrogen and oxygen atoms in total. The van der Waals surface area contributed by atoms with Crippen LogP contribution in [0.1, 0.15) is 16.7 Å². The molecule has 0 radical (unpaired) electrons. The van der Waals surface area contributed by atoms with Gasteiger partial charge in [-0.15, -0.1) is 11.8 Å². The molecule has 1 amide bonds. The third-order valence-corrected chi connectivity index (χ3v) is 6.95. The molecule has 0 aromatic heterocycles. The van der Waals surface area contributed by atoms with Gasteiger partial charge in [-0.3, -0.25) is 9.52 Å². The average molecular weight is 441 g/mol. The van der Waals surface area contributed by atoms with E-state index < -0.39 is 10.0 Å². The third kappa shape index (κ3) is 5.87. The first-order chi connectivity index (χ1) is 14.3. The minimum absolute atomic E-state index is 0.123. The zero-order chi connectivity index (χ0) is 21.6. The van der Waals surface area contributed by atoms with Gasteiger partial charge < -0.3 is 5.32 Å². The normalized spacial score (nSPS) is 11.1. The molecule has 0 heterocycles. The topological polar surface area (TPSA) is 75.3 Å². The summed E-state index contributed by atoms with van der Waals surface area (Å²) in [7, 11) is -3.70. The van der Waals surface area contributed by atoms with Crippen LogP contribution in [-0.2, 0) is 20.6 Å². The molecule has 0 atom stereocenters. The highest BCUT2D eigenvalue weighted by Gasteiger charge is 2.15. The van der Waals surface area contributed by atoms with E-state index in [0.29, 0.717) is 17.1 Å². The number of amides is 1. The largest absolute Gasteiger partial charge is 0.325 e. The number of carbonyl (C=O) groups is 1. The monoisotopic (exact) mass is 440 g/mol. The van der Waals surface area contributed by atoms with E-state index in [0.717, 1.165) is 11.3 Å². The first-order valence-electron chi connectivity index (χ1n) is 9.46. The van der Waals surface area contributed by atoms with E-state index in [1.54, 1.807) is 24.3 Å².